The molecule has 0 saturated carbocycles. The van der Waals surface area contributed by atoms with E-state index >= 15 is 0 Å². The summed E-state index contributed by atoms with van der Waals surface area (Å²) in [6.45, 7) is 1.86. The van der Waals surface area contributed by atoms with E-state index in [1.807, 2.05) is 6.92 Å². The van der Waals surface area contributed by atoms with Crippen molar-refractivity contribution in [2.45, 2.75) is 12.2 Å². The number of carbonyl (C=O) groups is 1. The summed E-state index contributed by atoms with van der Waals surface area (Å²) in [5, 5.41) is 3.19. The average Bonchev–Trinajstić information content (AvgIpc) is 1.97. The van der Waals surface area contributed by atoms with Gasteiger partial charge in [0.25, 0.3) is 5.91 Å². The molecule has 0 N–H and O–H groups in total. The Labute approximate surface area is 75.7 Å². The van der Waals surface area contributed by atoms with Crippen LogP contribution in [-0.4, -0.2) is 39.6 Å². The summed E-state index contributed by atoms with van der Waals surface area (Å²) in [4.78, 5) is 11.3. The lowest BCUT2D eigenvalue weighted by atomic mass is 10.4. The maximum absolute atomic E-state index is 11.3. The fourth-order valence-electron chi connectivity index (χ4n) is 0.811. The van der Waals surface area contributed by atoms with Gasteiger partial charge < -0.3 is 0 Å². The molecule has 1 rings (SSSR count). The van der Waals surface area contributed by atoms with Crippen LogP contribution in [0.4, 0.5) is 0 Å². The molecule has 3 nitrogen and oxygen atoms in total. The van der Waals surface area contributed by atoms with Crippen molar-refractivity contribution in [3.8, 4) is 0 Å². The maximum Gasteiger partial charge on any atom is 0.254 e. The zero-order valence-corrected chi connectivity index (χ0v) is 8.33. The Bertz CT molecular complexity index is 207. The van der Waals surface area contributed by atoms with Crippen LogP contribution in [0.1, 0.15) is 6.92 Å². The van der Waals surface area contributed by atoms with Gasteiger partial charge in [-0.2, -0.15) is 0 Å². The Hall–Kier alpha value is -0.290. The molecule has 1 aliphatic rings. The minimum atomic E-state index is -0.0382. The molecule has 5 heteroatoms. The standard InChI is InChI=1S/C6H10N2OS2/c1-4-5(9)7(2)8(3)6(10)11-4/h4H,1-3H3. The van der Waals surface area contributed by atoms with E-state index in [0.717, 1.165) is 4.32 Å². The zero-order valence-electron chi connectivity index (χ0n) is 6.70. The van der Waals surface area contributed by atoms with Gasteiger partial charge in [0.2, 0.25) is 0 Å². The first kappa shape index (κ1) is 8.80. The molecule has 1 unspecified atom stereocenters. The minimum Gasteiger partial charge on any atom is -0.272 e. The van der Waals surface area contributed by atoms with Crippen LogP contribution in [0.3, 0.4) is 0 Å². The fourth-order valence-corrected chi connectivity index (χ4v) is 2.20. The van der Waals surface area contributed by atoms with Crippen LogP contribution in [0.25, 0.3) is 0 Å². The van der Waals surface area contributed by atoms with E-state index in [0.29, 0.717) is 0 Å². The molecular formula is C6H10N2OS2. The molecule has 62 valence electrons. The fraction of sp³-hybridized carbons (Fsp3) is 0.667. The number of thioether (sulfide) groups is 1. The second-order valence-electron chi connectivity index (χ2n) is 2.41. The van der Waals surface area contributed by atoms with Crippen molar-refractivity contribution >= 4 is 34.2 Å². The number of hydrogen-bond donors (Lipinski definition) is 0. The molecule has 1 heterocycles. The first-order valence-corrected chi connectivity index (χ1v) is 4.54. The lowest BCUT2D eigenvalue weighted by Crippen LogP contribution is -2.50. The lowest BCUT2D eigenvalue weighted by Gasteiger charge is -2.36. The lowest BCUT2D eigenvalue weighted by molar-refractivity contribution is -0.137. The average molecular weight is 190 g/mol. The van der Waals surface area contributed by atoms with Gasteiger partial charge in [0.05, 0.1) is 5.25 Å². The molecule has 1 atom stereocenters. The molecule has 0 spiro atoms. The molecule has 0 aliphatic carbocycles. The predicted octanol–water partition coefficient (Wildman–Crippen LogP) is 0.712. The van der Waals surface area contributed by atoms with Gasteiger partial charge in [-0.15, -0.1) is 0 Å². The molecule has 0 aromatic carbocycles. The van der Waals surface area contributed by atoms with Gasteiger partial charge >= 0.3 is 0 Å². The van der Waals surface area contributed by atoms with Gasteiger partial charge in [-0.1, -0.05) is 24.0 Å². The van der Waals surface area contributed by atoms with E-state index in [-0.39, 0.29) is 11.2 Å². The third-order valence-corrected chi connectivity index (χ3v) is 3.23. The smallest absolute Gasteiger partial charge is 0.254 e. The largest absolute Gasteiger partial charge is 0.272 e. The number of rotatable bonds is 0. The summed E-state index contributed by atoms with van der Waals surface area (Å²) < 4.78 is 0.750. The quantitative estimate of drug-likeness (QED) is 0.525. The van der Waals surface area contributed by atoms with Gasteiger partial charge in [0.15, 0.2) is 4.32 Å². The van der Waals surface area contributed by atoms with Gasteiger partial charge in [-0.05, 0) is 6.92 Å². The van der Waals surface area contributed by atoms with Gasteiger partial charge in [-0.25, -0.2) is 0 Å². The molecule has 1 saturated heterocycles. The SMILES string of the molecule is CC1SC(=S)N(C)N(C)C1=O. The summed E-state index contributed by atoms with van der Waals surface area (Å²) in [5.74, 6) is 0.103. The Morgan fingerprint density at radius 1 is 1.45 bits per heavy atom. The summed E-state index contributed by atoms with van der Waals surface area (Å²) in [6.07, 6.45) is 0. The third kappa shape index (κ3) is 1.49. The Kier molecular flexibility index (Phi) is 2.39. The Morgan fingerprint density at radius 3 is 2.55 bits per heavy atom. The number of thiocarbonyl (C=S) groups is 1. The highest BCUT2D eigenvalue weighted by atomic mass is 32.2. The summed E-state index contributed by atoms with van der Waals surface area (Å²) >= 11 is 6.46. The van der Waals surface area contributed by atoms with Crippen LogP contribution in [0.15, 0.2) is 0 Å². The molecule has 0 aromatic heterocycles. The summed E-state index contributed by atoms with van der Waals surface area (Å²) in [7, 11) is 3.52. The Morgan fingerprint density at radius 2 is 2.00 bits per heavy atom. The monoisotopic (exact) mass is 190 g/mol. The molecular weight excluding hydrogens is 180 g/mol. The van der Waals surface area contributed by atoms with Gasteiger partial charge in [0, 0.05) is 14.1 Å². The van der Waals surface area contributed by atoms with Crippen molar-refractivity contribution in [1.29, 1.82) is 0 Å². The molecule has 11 heavy (non-hydrogen) atoms. The topological polar surface area (TPSA) is 23.6 Å². The van der Waals surface area contributed by atoms with E-state index < -0.39 is 0 Å². The highest BCUT2D eigenvalue weighted by Crippen LogP contribution is 2.23. The van der Waals surface area contributed by atoms with Crippen LogP contribution in [0, 0.1) is 0 Å². The van der Waals surface area contributed by atoms with E-state index in [9.17, 15) is 4.79 Å². The van der Waals surface area contributed by atoms with Crippen molar-refractivity contribution in [2.24, 2.45) is 0 Å². The number of nitrogens with zero attached hydrogens (tertiary/aromatic N) is 2. The number of carbonyl (C=O) groups excluding carboxylic acids is 1. The molecule has 1 amide bonds. The Balaban J connectivity index is 2.78. The van der Waals surface area contributed by atoms with E-state index in [1.165, 1.54) is 11.8 Å². The number of hydrogen-bond acceptors (Lipinski definition) is 3. The maximum atomic E-state index is 11.3. The first-order valence-electron chi connectivity index (χ1n) is 3.26. The normalized spacial score (nSPS) is 26.3. The van der Waals surface area contributed by atoms with E-state index in [1.54, 1.807) is 24.1 Å². The molecule has 0 radical (unpaired) electrons. The van der Waals surface area contributed by atoms with Crippen LogP contribution in [0.2, 0.25) is 0 Å². The minimum absolute atomic E-state index is 0.0382. The van der Waals surface area contributed by atoms with E-state index in [4.69, 9.17) is 12.2 Å². The second-order valence-corrected chi connectivity index (χ2v) is 4.39. The van der Waals surface area contributed by atoms with Crippen LogP contribution in [0.5, 0.6) is 0 Å². The zero-order chi connectivity index (χ0) is 8.59. The third-order valence-electron chi connectivity index (χ3n) is 1.66. The van der Waals surface area contributed by atoms with Crippen molar-refractivity contribution in [3.05, 3.63) is 0 Å². The van der Waals surface area contributed by atoms with E-state index in [2.05, 4.69) is 0 Å². The van der Waals surface area contributed by atoms with Crippen molar-refractivity contribution in [1.82, 2.24) is 10.0 Å². The number of amides is 1. The highest BCUT2D eigenvalue weighted by molar-refractivity contribution is 8.23. The molecule has 0 bridgehead atoms. The van der Waals surface area contributed by atoms with Crippen molar-refractivity contribution in [2.75, 3.05) is 14.1 Å². The highest BCUT2D eigenvalue weighted by Gasteiger charge is 2.29. The van der Waals surface area contributed by atoms with Crippen LogP contribution >= 0.6 is 24.0 Å². The summed E-state index contributed by atoms with van der Waals surface area (Å²) in [5.41, 5.74) is 0. The molecule has 1 aliphatic heterocycles. The van der Waals surface area contributed by atoms with Crippen molar-refractivity contribution < 1.29 is 4.79 Å². The van der Waals surface area contributed by atoms with Gasteiger partial charge in [-0.3, -0.25) is 14.8 Å². The first-order chi connectivity index (χ1) is 5.04. The number of hydrazine groups is 1. The van der Waals surface area contributed by atoms with Crippen LogP contribution in [-0.2, 0) is 4.79 Å². The molecule has 0 aromatic rings. The van der Waals surface area contributed by atoms with Crippen molar-refractivity contribution in [3.63, 3.8) is 0 Å². The molecule has 1 fully saturated rings. The summed E-state index contributed by atoms with van der Waals surface area (Å²) in [6, 6.07) is 0. The van der Waals surface area contributed by atoms with Crippen LogP contribution < -0.4 is 0 Å². The second kappa shape index (κ2) is 2.98. The van der Waals surface area contributed by atoms with Gasteiger partial charge in [0.1, 0.15) is 0 Å². The predicted molar refractivity (Wildman–Crippen MR) is 50.2 cm³/mol.